The SMILES string of the molecule is CCCOc1ccc(C(N)CCC2CCCO2)cc1Br. The Labute approximate surface area is 130 Å². The van der Waals surface area contributed by atoms with E-state index in [1.165, 1.54) is 12.8 Å². The van der Waals surface area contributed by atoms with Crippen molar-refractivity contribution >= 4 is 15.9 Å². The maximum atomic E-state index is 6.27. The Morgan fingerprint density at radius 2 is 2.35 bits per heavy atom. The van der Waals surface area contributed by atoms with Crippen molar-refractivity contribution in [2.45, 2.75) is 51.2 Å². The minimum Gasteiger partial charge on any atom is -0.492 e. The summed E-state index contributed by atoms with van der Waals surface area (Å²) < 4.78 is 12.3. The lowest BCUT2D eigenvalue weighted by Crippen LogP contribution is -2.14. The summed E-state index contributed by atoms with van der Waals surface area (Å²) in [5.74, 6) is 0.891. The summed E-state index contributed by atoms with van der Waals surface area (Å²) in [5, 5.41) is 0. The molecule has 2 N–H and O–H groups in total. The van der Waals surface area contributed by atoms with Gasteiger partial charge in [0.05, 0.1) is 17.2 Å². The molecule has 3 nitrogen and oxygen atoms in total. The van der Waals surface area contributed by atoms with Crippen LogP contribution < -0.4 is 10.5 Å². The Kier molecular flexibility index (Phi) is 6.33. The highest BCUT2D eigenvalue weighted by Gasteiger charge is 2.17. The zero-order valence-corrected chi connectivity index (χ0v) is 13.7. The highest BCUT2D eigenvalue weighted by molar-refractivity contribution is 9.10. The van der Waals surface area contributed by atoms with E-state index in [0.717, 1.165) is 48.3 Å². The Bertz CT molecular complexity index is 419. The molecular weight excluding hydrogens is 318 g/mol. The molecule has 0 radical (unpaired) electrons. The van der Waals surface area contributed by atoms with E-state index in [0.29, 0.717) is 6.10 Å². The van der Waals surface area contributed by atoms with Gasteiger partial charge in [-0.15, -0.1) is 0 Å². The number of rotatable bonds is 7. The van der Waals surface area contributed by atoms with E-state index < -0.39 is 0 Å². The first kappa shape index (κ1) is 15.8. The van der Waals surface area contributed by atoms with E-state index in [4.69, 9.17) is 15.2 Å². The van der Waals surface area contributed by atoms with E-state index in [1.807, 2.05) is 6.07 Å². The minimum absolute atomic E-state index is 0.0655. The van der Waals surface area contributed by atoms with Gasteiger partial charge in [0.1, 0.15) is 5.75 Å². The maximum absolute atomic E-state index is 6.27. The first-order chi connectivity index (χ1) is 9.70. The quantitative estimate of drug-likeness (QED) is 0.808. The lowest BCUT2D eigenvalue weighted by molar-refractivity contribution is 0.101. The van der Waals surface area contributed by atoms with Crippen LogP contribution >= 0.6 is 15.9 Å². The second-order valence-electron chi connectivity index (χ2n) is 5.36. The number of nitrogens with two attached hydrogens (primary N) is 1. The van der Waals surface area contributed by atoms with Crippen molar-refractivity contribution in [2.75, 3.05) is 13.2 Å². The molecule has 0 spiro atoms. The molecule has 20 heavy (non-hydrogen) atoms. The van der Waals surface area contributed by atoms with Gasteiger partial charge in [-0.3, -0.25) is 0 Å². The van der Waals surface area contributed by atoms with E-state index in [-0.39, 0.29) is 6.04 Å². The molecular formula is C16H24BrNO2. The molecule has 0 aliphatic carbocycles. The number of hydrogen-bond donors (Lipinski definition) is 1. The van der Waals surface area contributed by atoms with Crippen molar-refractivity contribution < 1.29 is 9.47 Å². The summed E-state index contributed by atoms with van der Waals surface area (Å²) in [6, 6.07) is 6.21. The van der Waals surface area contributed by atoms with E-state index >= 15 is 0 Å². The fourth-order valence-corrected chi connectivity index (χ4v) is 2.99. The van der Waals surface area contributed by atoms with Crippen molar-refractivity contribution in [3.8, 4) is 5.75 Å². The molecule has 2 rings (SSSR count). The lowest BCUT2D eigenvalue weighted by Gasteiger charge is -2.16. The molecule has 0 aromatic heterocycles. The summed E-state index contributed by atoms with van der Waals surface area (Å²) in [4.78, 5) is 0. The Hall–Kier alpha value is -0.580. The predicted octanol–water partition coefficient (Wildman–Crippen LogP) is 4.20. The molecule has 1 fully saturated rings. The zero-order chi connectivity index (χ0) is 14.4. The van der Waals surface area contributed by atoms with Crippen LogP contribution in [0.5, 0.6) is 5.75 Å². The average molecular weight is 342 g/mol. The van der Waals surface area contributed by atoms with Crippen LogP contribution in [0.4, 0.5) is 0 Å². The highest BCUT2D eigenvalue weighted by atomic mass is 79.9. The number of benzene rings is 1. The highest BCUT2D eigenvalue weighted by Crippen LogP contribution is 2.30. The van der Waals surface area contributed by atoms with Gasteiger partial charge in [0.25, 0.3) is 0 Å². The summed E-state index contributed by atoms with van der Waals surface area (Å²) in [7, 11) is 0. The van der Waals surface area contributed by atoms with Gasteiger partial charge in [-0.25, -0.2) is 0 Å². The molecule has 0 amide bonds. The van der Waals surface area contributed by atoms with Crippen LogP contribution in [0.15, 0.2) is 22.7 Å². The van der Waals surface area contributed by atoms with Crippen molar-refractivity contribution in [2.24, 2.45) is 5.73 Å². The molecule has 0 saturated carbocycles. The van der Waals surface area contributed by atoms with Gasteiger partial charge in [-0.05, 0) is 65.7 Å². The van der Waals surface area contributed by atoms with Crippen molar-refractivity contribution in [1.82, 2.24) is 0 Å². The third kappa shape index (κ3) is 4.47. The normalized spacial score (nSPS) is 20.1. The lowest BCUT2D eigenvalue weighted by atomic mass is 10.00. The molecule has 1 heterocycles. The monoisotopic (exact) mass is 341 g/mol. The Morgan fingerprint density at radius 3 is 3.00 bits per heavy atom. The summed E-state index contributed by atoms with van der Waals surface area (Å²) in [6.45, 7) is 3.75. The van der Waals surface area contributed by atoms with Crippen molar-refractivity contribution in [3.05, 3.63) is 28.2 Å². The van der Waals surface area contributed by atoms with Crippen LogP contribution in [-0.2, 0) is 4.74 Å². The molecule has 1 aliphatic rings. The summed E-state index contributed by atoms with van der Waals surface area (Å²) in [6.07, 6.45) is 5.81. The molecule has 112 valence electrons. The maximum Gasteiger partial charge on any atom is 0.133 e. The van der Waals surface area contributed by atoms with Gasteiger partial charge in [0.15, 0.2) is 0 Å². The Balaban J connectivity index is 1.88. The van der Waals surface area contributed by atoms with E-state index in [2.05, 4.69) is 35.0 Å². The van der Waals surface area contributed by atoms with Gasteiger partial charge in [-0.2, -0.15) is 0 Å². The second kappa shape index (κ2) is 8.01. The molecule has 2 unspecified atom stereocenters. The zero-order valence-electron chi connectivity index (χ0n) is 12.1. The average Bonchev–Trinajstić information content (AvgIpc) is 2.96. The third-order valence-corrected chi connectivity index (χ3v) is 4.29. The number of ether oxygens (including phenoxy) is 2. The van der Waals surface area contributed by atoms with E-state index in [9.17, 15) is 0 Å². The molecule has 0 bridgehead atoms. The van der Waals surface area contributed by atoms with Crippen molar-refractivity contribution in [3.63, 3.8) is 0 Å². The molecule has 1 aliphatic heterocycles. The van der Waals surface area contributed by atoms with Gasteiger partial charge < -0.3 is 15.2 Å². The minimum atomic E-state index is 0.0655. The number of halogens is 1. The van der Waals surface area contributed by atoms with Gasteiger partial charge in [0, 0.05) is 12.6 Å². The van der Waals surface area contributed by atoms with Crippen LogP contribution in [-0.4, -0.2) is 19.3 Å². The molecule has 4 heteroatoms. The summed E-state index contributed by atoms with van der Waals surface area (Å²) in [5.41, 5.74) is 7.43. The standard InChI is InChI=1S/C16H24BrNO2/c1-2-9-20-16-8-5-12(11-14(16)17)15(18)7-6-13-4-3-10-19-13/h5,8,11,13,15H,2-4,6-7,9-10,18H2,1H3. The van der Waals surface area contributed by atoms with Crippen molar-refractivity contribution in [1.29, 1.82) is 0 Å². The van der Waals surface area contributed by atoms with Crippen LogP contribution in [0.25, 0.3) is 0 Å². The van der Waals surface area contributed by atoms with Crippen LogP contribution in [0.1, 0.15) is 50.6 Å². The molecule has 1 aromatic rings. The van der Waals surface area contributed by atoms with E-state index in [1.54, 1.807) is 0 Å². The van der Waals surface area contributed by atoms with Crippen LogP contribution in [0.3, 0.4) is 0 Å². The van der Waals surface area contributed by atoms with Gasteiger partial charge in [-0.1, -0.05) is 13.0 Å². The molecule has 2 atom stereocenters. The largest absolute Gasteiger partial charge is 0.492 e. The number of hydrogen-bond acceptors (Lipinski definition) is 3. The third-order valence-electron chi connectivity index (χ3n) is 3.67. The van der Waals surface area contributed by atoms with Gasteiger partial charge in [0.2, 0.25) is 0 Å². The van der Waals surface area contributed by atoms with Crippen LogP contribution in [0.2, 0.25) is 0 Å². The van der Waals surface area contributed by atoms with Crippen LogP contribution in [0, 0.1) is 0 Å². The molecule has 1 aromatic carbocycles. The second-order valence-corrected chi connectivity index (χ2v) is 6.21. The molecule has 1 saturated heterocycles. The first-order valence-electron chi connectivity index (χ1n) is 7.50. The fourth-order valence-electron chi connectivity index (χ4n) is 2.48. The predicted molar refractivity (Wildman–Crippen MR) is 85.1 cm³/mol. The first-order valence-corrected chi connectivity index (χ1v) is 8.29. The van der Waals surface area contributed by atoms with Gasteiger partial charge >= 0.3 is 0 Å². The fraction of sp³-hybridized carbons (Fsp3) is 0.625. The smallest absolute Gasteiger partial charge is 0.133 e. The topological polar surface area (TPSA) is 44.5 Å². The summed E-state index contributed by atoms with van der Waals surface area (Å²) >= 11 is 3.56. The Morgan fingerprint density at radius 1 is 1.50 bits per heavy atom.